The van der Waals surface area contributed by atoms with Crippen LogP contribution in [0.4, 0.5) is 22.7 Å². The van der Waals surface area contributed by atoms with Gasteiger partial charge < -0.3 is 22.1 Å². The summed E-state index contributed by atoms with van der Waals surface area (Å²) in [6, 6.07) is 13.2. The first kappa shape index (κ1) is 19.6. The molecule has 6 N–H and O–H groups in total. The summed E-state index contributed by atoms with van der Waals surface area (Å²) in [5, 5.41) is 6.72. The third-order valence-electron chi connectivity index (χ3n) is 3.74. The molecular formula is C21H26N4S. The third-order valence-corrected chi connectivity index (χ3v) is 3.95. The minimum atomic E-state index is 0.472. The molecule has 0 aliphatic carbocycles. The van der Waals surface area contributed by atoms with Crippen molar-refractivity contribution < 1.29 is 0 Å². The van der Waals surface area contributed by atoms with Crippen molar-refractivity contribution in [2.75, 3.05) is 22.1 Å². The van der Waals surface area contributed by atoms with E-state index in [4.69, 9.17) is 23.7 Å². The summed E-state index contributed by atoms with van der Waals surface area (Å²) < 4.78 is 0. The van der Waals surface area contributed by atoms with Gasteiger partial charge in [0.15, 0.2) is 5.11 Å². The molecule has 0 unspecified atom stereocenters. The van der Waals surface area contributed by atoms with Crippen LogP contribution in [0.15, 0.2) is 42.5 Å². The lowest BCUT2D eigenvalue weighted by atomic mass is 10.1. The minimum Gasteiger partial charge on any atom is -0.399 e. The van der Waals surface area contributed by atoms with Gasteiger partial charge in [0, 0.05) is 34.7 Å². The largest absolute Gasteiger partial charge is 0.399 e. The normalized spacial score (nSPS) is 9.88. The van der Waals surface area contributed by atoms with E-state index in [0.29, 0.717) is 16.5 Å². The molecule has 0 heterocycles. The van der Waals surface area contributed by atoms with Crippen LogP contribution in [0.25, 0.3) is 0 Å². The number of nitrogens with two attached hydrogens (primary N) is 2. The molecular weight excluding hydrogens is 340 g/mol. The maximum absolute atomic E-state index is 5.79. The Morgan fingerprint density at radius 1 is 0.962 bits per heavy atom. The van der Waals surface area contributed by atoms with Crippen molar-refractivity contribution >= 4 is 40.1 Å². The summed E-state index contributed by atoms with van der Waals surface area (Å²) in [6.07, 6.45) is 5.88. The van der Waals surface area contributed by atoms with Crippen molar-refractivity contribution in [3.05, 3.63) is 48.0 Å². The van der Waals surface area contributed by atoms with E-state index in [1.165, 1.54) is 19.3 Å². The maximum atomic E-state index is 5.79. The molecule has 0 bridgehead atoms. The average Bonchev–Trinajstić information content (AvgIpc) is 2.57. The smallest absolute Gasteiger partial charge is 0.175 e. The van der Waals surface area contributed by atoms with E-state index in [2.05, 4.69) is 29.4 Å². The Kier molecular flexibility index (Phi) is 7.78. The van der Waals surface area contributed by atoms with E-state index in [9.17, 15) is 0 Å². The lowest BCUT2D eigenvalue weighted by molar-refractivity contribution is 0.679. The highest BCUT2D eigenvalue weighted by atomic mass is 32.1. The zero-order valence-electron chi connectivity index (χ0n) is 15.1. The van der Waals surface area contributed by atoms with Crippen LogP contribution < -0.4 is 22.1 Å². The Labute approximate surface area is 161 Å². The number of unbranched alkanes of at least 4 members (excludes halogenated alkanes) is 4. The first-order chi connectivity index (χ1) is 12.6. The number of hydrogen-bond donors (Lipinski definition) is 4. The Bertz CT molecular complexity index is 785. The van der Waals surface area contributed by atoms with Crippen LogP contribution in [0.3, 0.4) is 0 Å². The second kappa shape index (κ2) is 10.3. The van der Waals surface area contributed by atoms with Crippen LogP contribution in [0.1, 0.15) is 44.6 Å². The predicted molar refractivity (Wildman–Crippen MR) is 117 cm³/mol. The molecule has 0 aromatic heterocycles. The zero-order valence-corrected chi connectivity index (χ0v) is 16.0. The quantitative estimate of drug-likeness (QED) is 0.251. The fourth-order valence-corrected chi connectivity index (χ4v) is 2.76. The number of thiocarbonyl (C=S) groups is 1. The van der Waals surface area contributed by atoms with Gasteiger partial charge in [0.2, 0.25) is 0 Å². The van der Waals surface area contributed by atoms with Crippen molar-refractivity contribution in [1.29, 1.82) is 0 Å². The highest BCUT2D eigenvalue weighted by Gasteiger charge is 2.01. The molecule has 4 nitrogen and oxygen atoms in total. The second-order valence-electron chi connectivity index (χ2n) is 6.16. The molecule has 0 amide bonds. The van der Waals surface area contributed by atoms with Gasteiger partial charge in [-0.2, -0.15) is 0 Å². The molecule has 0 spiro atoms. The lowest BCUT2D eigenvalue weighted by Gasteiger charge is -2.12. The average molecular weight is 367 g/mol. The van der Waals surface area contributed by atoms with Gasteiger partial charge in [-0.05, 0) is 55.0 Å². The number of anilines is 4. The van der Waals surface area contributed by atoms with Gasteiger partial charge in [-0.15, -0.1) is 0 Å². The molecule has 0 radical (unpaired) electrons. The monoisotopic (exact) mass is 366 g/mol. The summed E-state index contributed by atoms with van der Waals surface area (Å²) in [5.74, 6) is 6.45. The maximum Gasteiger partial charge on any atom is 0.175 e. The molecule has 136 valence electrons. The van der Waals surface area contributed by atoms with Gasteiger partial charge in [-0.1, -0.05) is 44.1 Å². The molecule has 0 aliphatic heterocycles. The van der Waals surface area contributed by atoms with E-state index in [1.54, 1.807) is 18.2 Å². The van der Waals surface area contributed by atoms with Crippen molar-refractivity contribution in [3.8, 4) is 11.8 Å². The van der Waals surface area contributed by atoms with E-state index in [0.717, 1.165) is 29.8 Å². The minimum absolute atomic E-state index is 0.472. The number of benzene rings is 2. The zero-order chi connectivity index (χ0) is 18.8. The van der Waals surface area contributed by atoms with Crippen LogP contribution in [0.5, 0.6) is 0 Å². The highest BCUT2D eigenvalue weighted by Crippen LogP contribution is 2.18. The van der Waals surface area contributed by atoms with E-state index < -0.39 is 0 Å². The number of nitrogens with one attached hydrogen (secondary N) is 2. The van der Waals surface area contributed by atoms with Crippen molar-refractivity contribution in [2.45, 2.75) is 39.0 Å². The first-order valence-corrected chi connectivity index (χ1v) is 9.30. The van der Waals surface area contributed by atoms with Crippen molar-refractivity contribution in [2.24, 2.45) is 0 Å². The molecule has 0 aliphatic rings. The van der Waals surface area contributed by atoms with Gasteiger partial charge in [0.1, 0.15) is 0 Å². The molecule has 0 fully saturated rings. The molecule has 0 saturated heterocycles. The topological polar surface area (TPSA) is 76.1 Å². The summed E-state index contributed by atoms with van der Waals surface area (Å²) in [7, 11) is 0. The summed E-state index contributed by atoms with van der Waals surface area (Å²) in [4.78, 5) is 0. The van der Waals surface area contributed by atoms with E-state index in [1.807, 2.05) is 24.3 Å². The predicted octanol–water partition coefficient (Wildman–Crippen LogP) is 4.98. The standard InChI is InChI=1S/C21H26N4S/c1-2-3-4-5-6-7-9-16-10-8-11-19(12-16)24-21(26)25-20-14-17(22)13-18(23)15-20/h8,10-15H,2-6,22-23H2,1H3,(H2,24,25,26). The Morgan fingerprint density at radius 2 is 1.69 bits per heavy atom. The van der Waals surface area contributed by atoms with E-state index in [-0.39, 0.29) is 0 Å². The fraction of sp³-hybridized carbons (Fsp3) is 0.286. The number of nitrogen functional groups attached to an aromatic ring is 2. The molecule has 26 heavy (non-hydrogen) atoms. The summed E-state index contributed by atoms with van der Waals surface area (Å²) in [6.45, 7) is 2.21. The van der Waals surface area contributed by atoms with Crippen LogP contribution in [0, 0.1) is 11.8 Å². The SMILES string of the molecule is CCCCCCC#Cc1cccc(NC(=S)Nc2cc(N)cc(N)c2)c1. The number of hydrogen-bond acceptors (Lipinski definition) is 3. The van der Waals surface area contributed by atoms with Crippen LogP contribution in [0.2, 0.25) is 0 Å². The Balaban J connectivity index is 1.91. The molecule has 0 atom stereocenters. The number of rotatable bonds is 6. The van der Waals surface area contributed by atoms with Crippen LogP contribution in [-0.4, -0.2) is 5.11 Å². The third kappa shape index (κ3) is 7.04. The van der Waals surface area contributed by atoms with Crippen molar-refractivity contribution in [3.63, 3.8) is 0 Å². The highest BCUT2D eigenvalue weighted by molar-refractivity contribution is 7.80. The summed E-state index contributed by atoms with van der Waals surface area (Å²) >= 11 is 5.35. The van der Waals surface area contributed by atoms with Gasteiger partial charge in [-0.3, -0.25) is 0 Å². The second-order valence-corrected chi connectivity index (χ2v) is 6.57. The van der Waals surface area contributed by atoms with Crippen LogP contribution >= 0.6 is 12.2 Å². The van der Waals surface area contributed by atoms with Gasteiger partial charge in [-0.25, -0.2) is 0 Å². The van der Waals surface area contributed by atoms with Crippen LogP contribution in [-0.2, 0) is 0 Å². The Hall–Kier alpha value is -2.71. The van der Waals surface area contributed by atoms with E-state index >= 15 is 0 Å². The first-order valence-electron chi connectivity index (χ1n) is 8.90. The fourth-order valence-electron chi connectivity index (χ4n) is 2.52. The molecule has 0 saturated carbocycles. The molecule has 2 aromatic carbocycles. The summed E-state index contributed by atoms with van der Waals surface area (Å²) in [5.41, 5.74) is 15.4. The molecule has 2 rings (SSSR count). The molecule has 5 heteroatoms. The van der Waals surface area contributed by atoms with Gasteiger partial charge in [0.25, 0.3) is 0 Å². The Morgan fingerprint density at radius 3 is 2.42 bits per heavy atom. The van der Waals surface area contributed by atoms with Crippen molar-refractivity contribution in [1.82, 2.24) is 0 Å². The van der Waals surface area contributed by atoms with Gasteiger partial charge in [0.05, 0.1) is 0 Å². The van der Waals surface area contributed by atoms with Gasteiger partial charge >= 0.3 is 0 Å². The lowest BCUT2D eigenvalue weighted by Crippen LogP contribution is -2.19. The molecule has 2 aromatic rings.